The molecule has 5 unspecified atom stereocenters. The quantitative estimate of drug-likeness (QED) is 0.713. The maximum absolute atomic E-state index is 11.7. The first kappa shape index (κ1) is 11.3. The van der Waals surface area contributed by atoms with Gasteiger partial charge in [-0.15, -0.1) is 0 Å². The van der Waals surface area contributed by atoms with Gasteiger partial charge in [-0.25, -0.2) is 4.79 Å². The van der Waals surface area contributed by atoms with E-state index in [1.807, 2.05) is 20.8 Å². The van der Waals surface area contributed by atoms with E-state index < -0.39 is 5.60 Å². The molecule has 1 heterocycles. The summed E-state index contributed by atoms with van der Waals surface area (Å²) in [5.41, 5.74) is -0.420. The number of fused-ring (bicyclic) bond motifs is 2. The Morgan fingerprint density at radius 2 is 2.06 bits per heavy atom. The molecule has 3 saturated carbocycles. The molecule has 17 heavy (non-hydrogen) atoms. The molecule has 1 saturated heterocycles. The van der Waals surface area contributed by atoms with Crippen LogP contribution in [0.25, 0.3) is 0 Å². The van der Waals surface area contributed by atoms with Crippen LogP contribution in [0.3, 0.4) is 0 Å². The van der Waals surface area contributed by atoms with Crippen molar-refractivity contribution in [2.45, 2.75) is 63.9 Å². The number of carbonyl (C=O) groups is 1. The van der Waals surface area contributed by atoms with Crippen molar-refractivity contribution in [1.29, 1.82) is 0 Å². The molecule has 5 atom stereocenters. The Bertz CT molecular complexity index is 336. The fourth-order valence-corrected chi connectivity index (χ4v) is 3.40. The van der Waals surface area contributed by atoms with Crippen molar-refractivity contribution in [3.63, 3.8) is 0 Å². The summed E-state index contributed by atoms with van der Waals surface area (Å²) in [6, 6.07) is 0.257. The summed E-state index contributed by atoms with van der Waals surface area (Å²) < 4.78 is 11.0. The Hall–Kier alpha value is -0.770. The van der Waals surface area contributed by atoms with Gasteiger partial charge < -0.3 is 14.8 Å². The van der Waals surface area contributed by atoms with Gasteiger partial charge in [0.05, 0.1) is 12.2 Å². The second-order valence-corrected chi connectivity index (χ2v) is 6.56. The Labute approximate surface area is 102 Å². The molecule has 0 spiro atoms. The van der Waals surface area contributed by atoms with Crippen molar-refractivity contribution in [3.8, 4) is 0 Å². The number of epoxide rings is 1. The molecule has 4 nitrogen and oxygen atoms in total. The van der Waals surface area contributed by atoms with E-state index in [1.54, 1.807) is 0 Å². The van der Waals surface area contributed by atoms with Crippen LogP contribution >= 0.6 is 0 Å². The van der Waals surface area contributed by atoms with Gasteiger partial charge >= 0.3 is 6.09 Å². The maximum atomic E-state index is 11.7. The number of nitrogens with one attached hydrogen (secondary N) is 1. The van der Waals surface area contributed by atoms with Crippen LogP contribution in [0.1, 0.15) is 40.0 Å². The van der Waals surface area contributed by atoms with Crippen LogP contribution in [0.2, 0.25) is 0 Å². The fourth-order valence-electron chi connectivity index (χ4n) is 3.40. The summed E-state index contributed by atoms with van der Waals surface area (Å²) >= 11 is 0. The number of alkyl carbamates (subject to hydrolysis) is 1. The lowest BCUT2D eigenvalue weighted by Gasteiger charge is -2.39. The molecule has 3 aliphatic carbocycles. The second kappa shape index (κ2) is 3.61. The number of rotatable bonds is 1. The van der Waals surface area contributed by atoms with Crippen LogP contribution < -0.4 is 5.32 Å². The molecule has 0 radical (unpaired) electrons. The van der Waals surface area contributed by atoms with Crippen molar-refractivity contribution < 1.29 is 14.3 Å². The Morgan fingerprint density at radius 3 is 2.71 bits per heavy atom. The average Bonchev–Trinajstić information content (AvgIpc) is 2.95. The minimum atomic E-state index is -0.420. The molecule has 4 heteroatoms. The smallest absolute Gasteiger partial charge is 0.407 e. The third kappa shape index (κ3) is 2.15. The molecule has 1 N–H and O–H groups in total. The summed E-state index contributed by atoms with van der Waals surface area (Å²) in [6.07, 6.45) is 4.15. The van der Waals surface area contributed by atoms with Gasteiger partial charge in [0.25, 0.3) is 0 Å². The molecule has 0 aromatic rings. The lowest BCUT2D eigenvalue weighted by Crippen LogP contribution is -2.51. The Morgan fingerprint density at radius 1 is 1.29 bits per heavy atom. The average molecular weight is 239 g/mol. The first-order valence-corrected chi connectivity index (χ1v) is 6.59. The molecule has 1 aliphatic heterocycles. The summed E-state index contributed by atoms with van der Waals surface area (Å²) in [6.45, 7) is 5.67. The molecule has 4 aliphatic rings. The van der Waals surface area contributed by atoms with E-state index in [4.69, 9.17) is 9.47 Å². The molecule has 1 amide bonds. The standard InChI is InChI=1S/C13H21NO3/c1-13(2,3)17-12(15)14-9-6-7-4-5-8(9)11-10(7)16-11/h7-11H,4-6H2,1-3H3,(H,14,15). The zero-order valence-electron chi connectivity index (χ0n) is 10.7. The molecule has 96 valence electrons. The zero-order chi connectivity index (χ0) is 12.2. The van der Waals surface area contributed by atoms with Crippen LogP contribution in [0.5, 0.6) is 0 Å². The molecular formula is C13H21NO3. The van der Waals surface area contributed by atoms with Gasteiger partial charge in [0, 0.05) is 12.0 Å². The normalized spacial score (nSPS) is 42.9. The van der Waals surface area contributed by atoms with Crippen molar-refractivity contribution in [1.82, 2.24) is 5.32 Å². The van der Waals surface area contributed by atoms with E-state index in [-0.39, 0.29) is 12.1 Å². The second-order valence-electron chi connectivity index (χ2n) is 6.56. The van der Waals surface area contributed by atoms with Gasteiger partial charge in [-0.05, 0) is 46.0 Å². The van der Waals surface area contributed by atoms with E-state index in [9.17, 15) is 4.79 Å². The topological polar surface area (TPSA) is 50.9 Å². The summed E-state index contributed by atoms with van der Waals surface area (Å²) in [7, 11) is 0. The molecular weight excluding hydrogens is 218 g/mol. The molecule has 4 rings (SSSR count). The highest BCUT2D eigenvalue weighted by Crippen LogP contribution is 2.52. The highest BCUT2D eigenvalue weighted by atomic mass is 16.6. The summed E-state index contributed by atoms with van der Waals surface area (Å²) in [5, 5.41) is 3.02. The minimum Gasteiger partial charge on any atom is -0.444 e. The fraction of sp³-hybridized carbons (Fsp3) is 0.923. The SMILES string of the molecule is CC(C)(C)OC(=O)NC1CC2CCC1C1OC21. The first-order chi connectivity index (χ1) is 7.94. The lowest BCUT2D eigenvalue weighted by molar-refractivity contribution is 0.0430. The first-order valence-electron chi connectivity index (χ1n) is 6.59. The van der Waals surface area contributed by atoms with Crippen molar-refractivity contribution in [2.75, 3.05) is 0 Å². The highest BCUT2D eigenvalue weighted by molar-refractivity contribution is 5.68. The maximum Gasteiger partial charge on any atom is 0.407 e. The summed E-state index contributed by atoms with van der Waals surface area (Å²) in [4.78, 5) is 11.7. The third-order valence-electron chi connectivity index (χ3n) is 4.09. The van der Waals surface area contributed by atoms with E-state index in [1.165, 1.54) is 12.8 Å². The van der Waals surface area contributed by atoms with Crippen molar-refractivity contribution in [3.05, 3.63) is 0 Å². The minimum absolute atomic E-state index is 0.257. The van der Waals surface area contributed by atoms with Gasteiger partial charge in [0.1, 0.15) is 5.60 Å². The predicted molar refractivity (Wildman–Crippen MR) is 62.6 cm³/mol. The number of amides is 1. The zero-order valence-corrected chi connectivity index (χ0v) is 10.7. The van der Waals surface area contributed by atoms with Crippen LogP contribution in [-0.2, 0) is 9.47 Å². The van der Waals surface area contributed by atoms with Crippen molar-refractivity contribution in [2.24, 2.45) is 11.8 Å². The highest BCUT2D eigenvalue weighted by Gasteiger charge is 2.59. The van der Waals surface area contributed by atoms with Crippen LogP contribution in [0.15, 0.2) is 0 Å². The largest absolute Gasteiger partial charge is 0.444 e. The van der Waals surface area contributed by atoms with Crippen LogP contribution in [-0.4, -0.2) is 29.9 Å². The molecule has 0 aromatic carbocycles. The monoisotopic (exact) mass is 239 g/mol. The predicted octanol–water partition coefficient (Wildman–Crippen LogP) is 2.08. The van der Waals surface area contributed by atoms with Gasteiger partial charge in [0.15, 0.2) is 0 Å². The van der Waals surface area contributed by atoms with Gasteiger partial charge in [-0.1, -0.05) is 0 Å². The Balaban J connectivity index is 1.58. The van der Waals surface area contributed by atoms with E-state index in [0.717, 1.165) is 6.42 Å². The van der Waals surface area contributed by atoms with Gasteiger partial charge in [0.2, 0.25) is 0 Å². The van der Waals surface area contributed by atoms with Crippen LogP contribution in [0, 0.1) is 11.8 Å². The van der Waals surface area contributed by atoms with E-state index in [0.29, 0.717) is 24.0 Å². The lowest BCUT2D eigenvalue weighted by atomic mass is 9.68. The number of hydrogen-bond acceptors (Lipinski definition) is 3. The van der Waals surface area contributed by atoms with Crippen LogP contribution in [0.4, 0.5) is 4.79 Å². The van der Waals surface area contributed by atoms with Gasteiger partial charge in [-0.3, -0.25) is 0 Å². The van der Waals surface area contributed by atoms with Gasteiger partial charge in [-0.2, -0.15) is 0 Å². The van der Waals surface area contributed by atoms with Crippen molar-refractivity contribution >= 4 is 6.09 Å². The third-order valence-corrected chi connectivity index (χ3v) is 4.09. The van der Waals surface area contributed by atoms with E-state index >= 15 is 0 Å². The Kier molecular flexibility index (Phi) is 2.41. The molecule has 0 aromatic heterocycles. The number of carbonyl (C=O) groups excluding carboxylic acids is 1. The number of ether oxygens (including phenoxy) is 2. The summed E-state index contributed by atoms with van der Waals surface area (Å²) in [5.74, 6) is 1.17. The number of hydrogen-bond donors (Lipinski definition) is 1. The van der Waals surface area contributed by atoms with E-state index in [2.05, 4.69) is 5.32 Å². The molecule has 4 fully saturated rings. The molecule has 2 bridgehead atoms.